The highest BCUT2D eigenvalue weighted by atomic mass is 32.1. The number of thiophene rings is 1. The SMILES string of the molecule is Cc1csc(C(C)(C)c2nnc(C3CC3)n2C2CC2)c1. The molecule has 0 amide bonds. The fraction of sp³-hybridized carbons (Fsp3) is 0.625. The highest BCUT2D eigenvalue weighted by molar-refractivity contribution is 7.10. The molecule has 0 aliphatic heterocycles. The van der Waals surface area contributed by atoms with Crippen LogP contribution in [0.4, 0.5) is 0 Å². The molecular formula is C16H21N3S. The van der Waals surface area contributed by atoms with Gasteiger partial charge < -0.3 is 4.57 Å². The first-order chi connectivity index (χ1) is 9.57. The van der Waals surface area contributed by atoms with Gasteiger partial charge in [-0.3, -0.25) is 0 Å². The Bertz CT molecular complexity index is 644. The monoisotopic (exact) mass is 287 g/mol. The van der Waals surface area contributed by atoms with Crippen molar-refractivity contribution in [1.82, 2.24) is 14.8 Å². The maximum absolute atomic E-state index is 4.62. The Balaban J connectivity index is 1.81. The highest BCUT2D eigenvalue weighted by Gasteiger charge is 2.40. The molecule has 0 unspecified atom stereocenters. The van der Waals surface area contributed by atoms with Crippen LogP contribution in [0.1, 0.15) is 73.6 Å². The molecule has 0 N–H and O–H groups in total. The zero-order valence-corrected chi connectivity index (χ0v) is 13.2. The van der Waals surface area contributed by atoms with E-state index in [1.54, 1.807) is 0 Å². The Labute approximate surface area is 124 Å². The summed E-state index contributed by atoms with van der Waals surface area (Å²) >= 11 is 1.84. The Hall–Kier alpha value is -1.16. The Kier molecular flexibility index (Phi) is 2.62. The fourth-order valence-electron chi connectivity index (χ4n) is 2.91. The average molecular weight is 287 g/mol. The molecule has 0 bridgehead atoms. The summed E-state index contributed by atoms with van der Waals surface area (Å²) in [5.74, 6) is 3.10. The van der Waals surface area contributed by atoms with Gasteiger partial charge in [0.05, 0.1) is 5.41 Å². The smallest absolute Gasteiger partial charge is 0.144 e. The molecule has 2 heterocycles. The van der Waals surface area contributed by atoms with Gasteiger partial charge in [0.1, 0.15) is 11.6 Å². The lowest BCUT2D eigenvalue weighted by Crippen LogP contribution is -2.23. The number of nitrogens with zero attached hydrogens (tertiary/aromatic N) is 3. The van der Waals surface area contributed by atoms with Crippen molar-refractivity contribution in [3.63, 3.8) is 0 Å². The van der Waals surface area contributed by atoms with Crippen LogP contribution in [0.25, 0.3) is 0 Å². The third kappa shape index (κ3) is 1.93. The number of hydrogen-bond donors (Lipinski definition) is 0. The van der Waals surface area contributed by atoms with Gasteiger partial charge in [0.15, 0.2) is 0 Å². The van der Waals surface area contributed by atoms with Crippen molar-refractivity contribution in [2.75, 3.05) is 0 Å². The minimum absolute atomic E-state index is 0.0400. The predicted molar refractivity (Wildman–Crippen MR) is 81.5 cm³/mol. The molecule has 3 nitrogen and oxygen atoms in total. The maximum Gasteiger partial charge on any atom is 0.144 e. The molecule has 20 heavy (non-hydrogen) atoms. The Morgan fingerprint density at radius 1 is 1.20 bits per heavy atom. The summed E-state index contributed by atoms with van der Waals surface area (Å²) in [7, 11) is 0. The Morgan fingerprint density at radius 2 is 1.95 bits per heavy atom. The van der Waals surface area contributed by atoms with Crippen LogP contribution < -0.4 is 0 Å². The quantitative estimate of drug-likeness (QED) is 0.844. The van der Waals surface area contributed by atoms with Crippen LogP contribution in [0.15, 0.2) is 11.4 Å². The molecule has 2 aromatic heterocycles. The zero-order chi connectivity index (χ0) is 13.9. The van der Waals surface area contributed by atoms with E-state index in [-0.39, 0.29) is 5.41 Å². The van der Waals surface area contributed by atoms with Gasteiger partial charge in [0.25, 0.3) is 0 Å². The normalized spacial score (nSPS) is 19.6. The highest BCUT2D eigenvalue weighted by Crippen LogP contribution is 2.47. The van der Waals surface area contributed by atoms with E-state index in [9.17, 15) is 0 Å². The second-order valence-electron chi connectivity index (χ2n) is 6.87. The summed E-state index contributed by atoms with van der Waals surface area (Å²) in [5, 5.41) is 11.4. The summed E-state index contributed by atoms with van der Waals surface area (Å²) in [5.41, 5.74) is 1.31. The molecule has 0 radical (unpaired) electrons. The topological polar surface area (TPSA) is 30.7 Å². The minimum Gasteiger partial charge on any atom is -0.311 e. The second-order valence-corrected chi connectivity index (χ2v) is 7.78. The lowest BCUT2D eigenvalue weighted by molar-refractivity contribution is 0.533. The number of hydrogen-bond acceptors (Lipinski definition) is 3. The van der Waals surface area contributed by atoms with Crippen molar-refractivity contribution < 1.29 is 0 Å². The van der Waals surface area contributed by atoms with Crippen molar-refractivity contribution in [3.8, 4) is 0 Å². The first-order valence-electron chi connectivity index (χ1n) is 7.58. The van der Waals surface area contributed by atoms with Gasteiger partial charge in [-0.05, 0) is 63.5 Å². The van der Waals surface area contributed by atoms with E-state index in [1.807, 2.05) is 11.3 Å². The van der Waals surface area contributed by atoms with E-state index in [4.69, 9.17) is 0 Å². The fourth-order valence-corrected chi connectivity index (χ4v) is 3.93. The molecule has 0 atom stereocenters. The summed E-state index contributed by atoms with van der Waals surface area (Å²) in [6.07, 6.45) is 5.18. The van der Waals surface area contributed by atoms with Crippen LogP contribution in [-0.4, -0.2) is 14.8 Å². The van der Waals surface area contributed by atoms with Crippen LogP contribution in [0.3, 0.4) is 0 Å². The van der Waals surface area contributed by atoms with Crippen molar-refractivity contribution in [2.24, 2.45) is 0 Å². The van der Waals surface area contributed by atoms with Gasteiger partial charge in [0, 0.05) is 16.8 Å². The van der Waals surface area contributed by atoms with E-state index >= 15 is 0 Å². The number of aryl methyl sites for hydroxylation is 1. The van der Waals surface area contributed by atoms with Crippen LogP contribution >= 0.6 is 11.3 Å². The largest absolute Gasteiger partial charge is 0.311 e. The van der Waals surface area contributed by atoms with Crippen LogP contribution in [0.5, 0.6) is 0 Å². The summed E-state index contributed by atoms with van der Waals surface area (Å²) in [4.78, 5) is 1.40. The van der Waals surface area contributed by atoms with E-state index in [0.29, 0.717) is 12.0 Å². The molecule has 4 heteroatoms. The van der Waals surface area contributed by atoms with Crippen LogP contribution in [0, 0.1) is 6.92 Å². The van der Waals surface area contributed by atoms with E-state index in [1.165, 1.54) is 47.8 Å². The lowest BCUT2D eigenvalue weighted by Gasteiger charge is -2.24. The number of aromatic nitrogens is 3. The number of rotatable bonds is 4. The first kappa shape index (κ1) is 12.6. The molecule has 106 valence electrons. The lowest BCUT2D eigenvalue weighted by atomic mass is 9.90. The third-order valence-corrected chi connectivity index (χ3v) is 5.85. The van der Waals surface area contributed by atoms with Gasteiger partial charge in [-0.1, -0.05) is 0 Å². The summed E-state index contributed by atoms with van der Waals surface area (Å²) in [6.45, 7) is 6.74. The molecular weight excluding hydrogens is 266 g/mol. The van der Waals surface area contributed by atoms with Crippen LogP contribution in [-0.2, 0) is 5.41 Å². The van der Waals surface area contributed by atoms with E-state index < -0.39 is 0 Å². The van der Waals surface area contributed by atoms with Gasteiger partial charge in [-0.25, -0.2) is 0 Å². The van der Waals surface area contributed by atoms with Gasteiger partial charge in [-0.2, -0.15) is 0 Å². The molecule has 2 aromatic rings. The maximum atomic E-state index is 4.62. The molecule has 2 aliphatic rings. The second kappa shape index (κ2) is 4.17. The average Bonchev–Trinajstić information content (AvgIpc) is 3.34. The first-order valence-corrected chi connectivity index (χ1v) is 8.46. The van der Waals surface area contributed by atoms with Gasteiger partial charge in [0.2, 0.25) is 0 Å². The molecule has 0 saturated heterocycles. The molecule has 2 aliphatic carbocycles. The van der Waals surface area contributed by atoms with E-state index in [2.05, 4.69) is 47.0 Å². The molecule has 0 spiro atoms. The van der Waals surface area contributed by atoms with Crippen LogP contribution in [0.2, 0.25) is 0 Å². The Morgan fingerprint density at radius 3 is 2.50 bits per heavy atom. The third-order valence-electron chi connectivity index (χ3n) is 4.48. The van der Waals surface area contributed by atoms with E-state index in [0.717, 1.165) is 0 Å². The summed E-state index contributed by atoms with van der Waals surface area (Å²) in [6, 6.07) is 2.96. The van der Waals surface area contributed by atoms with Gasteiger partial charge in [-0.15, -0.1) is 21.5 Å². The molecule has 2 fully saturated rings. The molecule has 2 saturated carbocycles. The van der Waals surface area contributed by atoms with Crippen molar-refractivity contribution in [3.05, 3.63) is 33.5 Å². The minimum atomic E-state index is -0.0400. The van der Waals surface area contributed by atoms with Gasteiger partial charge >= 0.3 is 0 Å². The molecule has 0 aromatic carbocycles. The van der Waals surface area contributed by atoms with Crippen molar-refractivity contribution >= 4 is 11.3 Å². The van der Waals surface area contributed by atoms with Crippen molar-refractivity contribution in [2.45, 2.75) is 63.8 Å². The predicted octanol–water partition coefficient (Wildman–Crippen LogP) is 4.19. The van der Waals surface area contributed by atoms with Crippen molar-refractivity contribution in [1.29, 1.82) is 0 Å². The molecule has 4 rings (SSSR count). The summed E-state index contributed by atoms with van der Waals surface area (Å²) < 4.78 is 2.48. The standard InChI is InChI=1S/C16H21N3S/c1-10-8-13(20-9-10)16(2,3)15-18-17-14(11-4-5-11)19(15)12-6-7-12/h8-9,11-12H,4-7H2,1-3H3. The zero-order valence-electron chi connectivity index (χ0n) is 12.4.